The Kier molecular flexibility index (Phi) is 7.20. The van der Waals surface area contributed by atoms with Crippen LogP contribution in [0, 0.1) is 5.92 Å². The molecular formula is C18H22N2O5S. The quantitative estimate of drug-likeness (QED) is 0.565. The molecule has 1 heterocycles. The monoisotopic (exact) mass is 378 g/mol. The number of amides is 2. The second-order valence-corrected chi connectivity index (χ2v) is 7.16. The average molecular weight is 378 g/mol. The summed E-state index contributed by atoms with van der Waals surface area (Å²) in [6.07, 6.45) is 1.36. The lowest BCUT2D eigenvalue weighted by Gasteiger charge is -2.31. The average Bonchev–Trinajstić information content (AvgIpc) is 2.64. The number of hydrogen-bond donors (Lipinski definition) is 1. The molecule has 7 nitrogen and oxygen atoms in total. The van der Waals surface area contributed by atoms with Gasteiger partial charge in [-0.2, -0.15) is 0 Å². The zero-order chi connectivity index (χ0) is 19.1. The van der Waals surface area contributed by atoms with E-state index < -0.39 is 18.5 Å². The lowest BCUT2D eigenvalue weighted by Crippen LogP contribution is -2.45. The van der Waals surface area contributed by atoms with Crippen LogP contribution in [0.4, 0.5) is 0 Å². The number of ether oxygens (including phenoxy) is 1. The summed E-state index contributed by atoms with van der Waals surface area (Å²) >= 11 is 1.25. The van der Waals surface area contributed by atoms with Gasteiger partial charge in [0, 0.05) is 18.0 Å². The summed E-state index contributed by atoms with van der Waals surface area (Å²) in [7, 11) is 0. The number of piperidine rings is 1. The first-order valence-corrected chi connectivity index (χ1v) is 9.32. The van der Waals surface area contributed by atoms with Gasteiger partial charge in [0.2, 0.25) is 5.91 Å². The number of benzene rings is 1. The van der Waals surface area contributed by atoms with Crippen LogP contribution in [-0.2, 0) is 19.1 Å². The van der Waals surface area contributed by atoms with Gasteiger partial charge in [-0.3, -0.25) is 14.4 Å². The van der Waals surface area contributed by atoms with E-state index in [9.17, 15) is 19.2 Å². The Labute approximate surface area is 156 Å². The van der Waals surface area contributed by atoms with Crippen molar-refractivity contribution in [1.29, 1.82) is 0 Å². The molecule has 1 saturated heterocycles. The van der Waals surface area contributed by atoms with Crippen LogP contribution in [-0.4, -0.2) is 53.9 Å². The highest BCUT2D eigenvalue weighted by molar-refractivity contribution is 8.00. The lowest BCUT2D eigenvalue weighted by molar-refractivity contribution is -0.137. The molecule has 26 heavy (non-hydrogen) atoms. The Morgan fingerprint density at radius 1 is 1.27 bits per heavy atom. The van der Waals surface area contributed by atoms with Gasteiger partial charge >= 0.3 is 5.97 Å². The Morgan fingerprint density at radius 3 is 2.69 bits per heavy atom. The second-order valence-electron chi connectivity index (χ2n) is 6.14. The standard InChI is InChI=1S/C18H22N2O5S/c1-12(21)11-26-15-7-3-2-6-14(15)18(24)25-10-16(22)20-8-4-5-13(9-20)17(19)23/h2-3,6-7,13H,4-5,8-11H2,1H3,(H2,19,23)/t13-/m0/s1. The van der Waals surface area contributed by atoms with Crippen LogP contribution < -0.4 is 5.73 Å². The second kappa shape index (κ2) is 9.38. The molecule has 1 aromatic rings. The number of carbonyl (C=O) groups is 4. The van der Waals surface area contributed by atoms with E-state index in [0.717, 1.165) is 0 Å². The van der Waals surface area contributed by atoms with E-state index in [-0.39, 0.29) is 29.9 Å². The third kappa shape index (κ3) is 5.59. The molecule has 1 aromatic carbocycles. The predicted octanol–water partition coefficient (Wildman–Crippen LogP) is 1.25. The molecule has 0 spiro atoms. The van der Waals surface area contributed by atoms with Crippen LogP contribution in [0.2, 0.25) is 0 Å². The first-order chi connectivity index (χ1) is 12.4. The largest absolute Gasteiger partial charge is 0.452 e. The van der Waals surface area contributed by atoms with Crippen LogP contribution in [0.3, 0.4) is 0 Å². The molecule has 0 aliphatic carbocycles. The number of esters is 1. The number of Topliss-reactive ketones (excluding diaryl/α,β-unsaturated/α-hetero) is 1. The van der Waals surface area contributed by atoms with Crippen LogP contribution in [0.5, 0.6) is 0 Å². The normalized spacial score (nSPS) is 16.8. The number of nitrogens with two attached hydrogens (primary N) is 1. The lowest BCUT2D eigenvalue weighted by atomic mass is 9.97. The fourth-order valence-electron chi connectivity index (χ4n) is 2.67. The molecule has 140 valence electrons. The van der Waals surface area contributed by atoms with Crippen molar-refractivity contribution < 1.29 is 23.9 Å². The van der Waals surface area contributed by atoms with Crippen molar-refractivity contribution in [2.75, 3.05) is 25.4 Å². The fraction of sp³-hybridized carbons (Fsp3) is 0.444. The van der Waals surface area contributed by atoms with Crippen LogP contribution >= 0.6 is 11.8 Å². The Hall–Kier alpha value is -2.35. The van der Waals surface area contributed by atoms with Crippen molar-refractivity contribution in [2.24, 2.45) is 11.7 Å². The summed E-state index contributed by atoms with van der Waals surface area (Å²) in [5, 5.41) is 0. The number of ketones is 1. The molecule has 0 radical (unpaired) electrons. The minimum Gasteiger partial charge on any atom is -0.452 e. The molecule has 0 unspecified atom stereocenters. The van der Waals surface area contributed by atoms with E-state index in [2.05, 4.69) is 0 Å². The third-order valence-electron chi connectivity index (χ3n) is 4.04. The van der Waals surface area contributed by atoms with Crippen LogP contribution in [0.1, 0.15) is 30.1 Å². The number of carbonyl (C=O) groups excluding carboxylic acids is 4. The molecule has 8 heteroatoms. The van der Waals surface area contributed by atoms with E-state index in [1.807, 2.05) is 0 Å². The van der Waals surface area contributed by atoms with Gasteiger partial charge in [-0.25, -0.2) is 4.79 Å². The zero-order valence-corrected chi connectivity index (χ0v) is 15.4. The van der Waals surface area contributed by atoms with E-state index in [1.165, 1.54) is 23.6 Å². The molecule has 1 atom stereocenters. The van der Waals surface area contributed by atoms with E-state index in [1.54, 1.807) is 24.3 Å². The van der Waals surface area contributed by atoms with Gasteiger partial charge < -0.3 is 15.4 Å². The number of nitrogens with zero attached hydrogens (tertiary/aromatic N) is 1. The third-order valence-corrected chi connectivity index (χ3v) is 5.26. The highest BCUT2D eigenvalue weighted by Gasteiger charge is 2.27. The van der Waals surface area contributed by atoms with Crippen molar-refractivity contribution >= 4 is 35.3 Å². The fourth-order valence-corrected chi connectivity index (χ4v) is 3.51. The summed E-state index contributed by atoms with van der Waals surface area (Å²) in [5.74, 6) is -1.48. The minimum atomic E-state index is -0.617. The molecule has 2 N–H and O–H groups in total. The number of thioether (sulfide) groups is 1. The molecule has 2 amide bonds. The number of hydrogen-bond acceptors (Lipinski definition) is 6. The van der Waals surface area contributed by atoms with Gasteiger partial charge in [-0.1, -0.05) is 12.1 Å². The molecule has 1 aliphatic heterocycles. The van der Waals surface area contributed by atoms with Gasteiger partial charge in [0.15, 0.2) is 6.61 Å². The highest BCUT2D eigenvalue weighted by atomic mass is 32.2. The molecule has 1 aliphatic rings. The maximum absolute atomic E-state index is 12.3. The first-order valence-electron chi connectivity index (χ1n) is 8.34. The summed E-state index contributed by atoms with van der Waals surface area (Å²) in [6, 6.07) is 6.79. The Morgan fingerprint density at radius 2 is 2.00 bits per heavy atom. The topological polar surface area (TPSA) is 107 Å². The van der Waals surface area contributed by atoms with E-state index in [4.69, 9.17) is 10.5 Å². The summed E-state index contributed by atoms with van der Waals surface area (Å²) in [6.45, 7) is 1.86. The maximum atomic E-state index is 12.3. The van der Waals surface area contributed by atoms with E-state index >= 15 is 0 Å². The van der Waals surface area contributed by atoms with Gasteiger partial charge in [-0.05, 0) is 31.9 Å². The summed E-state index contributed by atoms with van der Waals surface area (Å²) in [5.41, 5.74) is 5.63. The predicted molar refractivity (Wildman–Crippen MR) is 96.6 cm³/mol. The molecular weight excluding hydrogens is 356 g/mol. The molecule has 0 aromatic heterocycles. The van der Waals surface area contributed by atoms with Gasteiger partial charge in [-0.15, -0.1) is 11.8 Å². The van der Waals surface area contributed by atoms with Crippen LogP contribution in [0.25, 0.3) is 0 Å². The SMILES string of the molecule is CC(=O)CSc1ccccc1C(=O)OCC(=O)N1CCC[C@H](C(N)=O)C1. The van der Waals surface area contributed by atoms with Crippen molar-refractivity contribution in [3.05, 3.63) is 29.8 Å². The smallest absolute Gasteiger partial charge is 0.339 e. The molecule has 1 fully saturated rings. The molecule has 2 rings (SSSR count). The zero-order valence-electron chi connectivity index (χ0n) is 14.6. The van der Waals surface area contributed by atoms with Crippen molar-refractivity contribution in [3.63, 3.8) is 0 Å². The van der Waals surface area contributed by atoms with Gasteiger partial charge in [0.1, 0.15) is 5.78 Å². The molecule has 0 saturated carbocycles. The van der Waals surface area contributed by atoms with Gasteiger partial charge in [0.25, 0.3) is 5.91 Å². The van der Waals surface area contributed by atoms with E-state index in [0.29, 0.717) is 29.8 Å². The van der Waals surface area contributed by atoms with Crippen LogP contribution in [0.15, 0.2) is 29.2 Å². The number of likely N-dealkylation sites (tertiary alicyclic amines) is 1. The highest BCUT2D eigenvalue weighted by Crippen LogP contribution is 2.23. The minimum absolute atomic E-state index is 0.00227. The van der Waals surface area contributed by atoms with Crippen molar-refractivity contribution in [1.82, 2.24) is 4.90 Å². The maximum Gasteiger partial charge on any atom is 0.339 e. The van der Waals surface area contributed by atoms with Crippen molar-refractivity contribution in [2.45, 2.75) is 24.7 Å². The Balaban J connectivity index is 1.93. The first kappa shape index (κ1) is 20.0. The Bertz CT molecular complexity index is 707. The number of rotatable bonds is 7. The summed E-state index contributed by atoms with van der Waals surface area (Å²) < 4.78 is 5.14. The van der Waals surface area contributed by atoms with Crippen molar-refractivity contribution in [3.8, 4) is 0 Å². The molecule has 0 bridgehead atoms. The van der Waals surface area contributed by atoms with Gasteiger partial charge in [0.05, 0.1) is 17.2 Å². The summed E-state index contributed by atoms with van der Waals surface area (Å²) in [4.78, 5) is 49.1. The number of primary amides is 1.